The van der Waals surface area contributed by atoms with Crippen LogP contribution in [0.25, 0.3) is 6.08 Å². The van der Waals surface area contributed by atoms with E-state index in [9.17, 15) is 25.0 Å². The number of rotatable bonds is 7. The highest BCUT2D eigenvalue weighted by Gasteiger charge is 2.21. The van der Waals surface area contributed by atoms with Gasteiger partial charge in [0, 0.05) is 17.0 Å². The number of nitrogens with zero attached hydrogens (tertiary/aromatic N) is 2. The monoisotopic (exact) mass is 413 g/mol. The lowest BCUT2D eigenvalue weighted by Crippen LogP contribution is -2.15. The Hall–Kier alpha value is -3.51. The van der Waals surface area contributed by atoms with Crippen LogP contribution in [-0.2, 0) is 9.53 Å². The normalized spacial score (nSPS) is 11.1. The molecule has 150 valence electrons. The summed E-state index contributed by atoms with van der Waals surface area (Å²) in [5.41, 5.74) is 0.160. The minimum atomic E-state index is -0.721. The number of non-ortho nitro benzene ring substituents is 1. The van der Waals surface area contributed by atoms with Crippen LogP contribution >= 0.6 is 11.3 Å². The molecule has 1 aromatic heterocycles. The Labute approximate surface area is 171 Å². The van der Waals surface area contributed by atoms with Crippen molar-refractivity contribution in [1.82, 2.24) is 0 Å². The van der Waals surface area contributed by atoms with Crippen LogP contribution in [0.3, 0.4) is 0 Å². The van der Waals surface area contributed by atoms with Crippen molar-refractivity contribution >= 4 is 40.0 Å². The van der Waals surface area contributed by atoms with Gasteiger partial charge in [0.25, 0.3) is 11.6 Å². The predicted octanol–water partition coefficient (Wildman–Crippen LogP) is 4.50. The van der Waals surface area contributed by atoms with Gasteiger partial charge in [0.2, 0.25) is 0 Å². The number of nitriles is 1. The summed E-state index contributed by atoms with van der Waals surface area (Å²) in [6.45, 7) is 5.78. The molecule has 0 saturated heterocycles. The zero-order valence-electron chi connectivity index (χ0n) is 16.1. The van der Waals surface area contributed by atoms with Crippen LogP contribution < -0.4 is 5.32 Å². The van der Waals surface area contributed by atoms with Gasteiger partial charge in [-0.15, -0.1) is 11.3 Å². The van der Waals surface area contributed by atoms with E-state index in [2.05, 4.69) is 5.32 Å². The van der Waals surface area contributed by atoms with Crippen molar-refractivity contribution < 1.29 is 19.2 Å². The van der Waals surface area contributed by atoms with E-state index in [-0.39, 0.29) is 34.3 Å². The number of anilines is 1. The molecule has 0 radical (unpaired) electrons. The largest absolute Gasteiger partial charge is 0.462 e. The second-order valence-electron chi connectivity index (χ2n) is 6.24. The zero-order valence-corrected chi connectivity index (χ0v) is 16.9. The molecule has 2 aromatic rings. The number of nitro groups is 1. The van der Waals surface area contributed by atoms with Gasteiger partial charge in [0.1, 0.15) is 16.6 Å². The number of nitrogens with one attached hydrogen (secondary N) is 1. The summed E-state index contributed by atoms with van der Waals surface area (Å²) in [6, 6.07) is 9.04. The lowest BCUT2D eigenvalue weighted by molar-refractivity contribution is -0.384. The molecule has 0 aliphatic heterocycles. The number of carbonyl (C=O) groups is 2. The number of carbonyl (C=O) groups excluding carboxylic acids is 2. The van der Waals surface area contributed by atoms with Gasteiger partial charge >= 0.3 is 5.97 Å². The molecule has 0 unspecified atom stereocenters. The zero-order chi connectivity index (χ0) is 21.6. The van der Waals surface area contributed by atoms with Crippen molar-refractivity contribution in [1.29, 1.82) is 5.26 Å². The molecule has 8 nitrogen and oxygen atoms in total. The van der Waals surface area contributed by atoms with Crippen LogP contribution in [0.1, 0.15) is 47.5 Å². The van der Waals surface area contributed by atoms with Crippen molar-refractivity contribution in [2.45, 2.75) is 26.7 Å². The maximum absolute atomic E-state index is 12.6. The van der Waals surface area contributed by atoms with E-state index >= 15 is 0 Å². The van der Waals surface area contributed by atoms with Crippen LogP contribution in [-0.4, -0.2) is 23.4 Å². The molecule has 0 aliphatic carbocycles. The molecule has 1 N–H and O–H groups in total. The van der Waals surface area contributed by atoms with E-state index < -0.39 is 16.8 Å². The number of ether oxygens (including phenoxy) is 1. The standard InChI is InChI=1S/C20H19N3O5S/c1-4-28-20(25)16-10-17(12(2)3)29-19(16)22-18(24)14(11-21)8-13-6-5-7-15(9-13)23(26)27/h5-10,12H,4H2,1-3H3,(H,22,24)/b14-8+. The van der Waals surface area contributed by atoms with E-state index in [1.165, 1.54) is 35.6 Å². The molecule has 0 bridgehead atoms. The van der Waals surface area contributed by atoms with Crippen molar-refractivity contribution in [3.05, 3.63) is 62.0 Å². The molecule has 1 heterocycles. The van der Waals surface area contributed by atoms with Crippen molar-refractivity contribution in [3.8, 4) is 6.07 Å². The third kappa shape index (κ3) is 5.49. The Morgan fingerprint density at radius 1 is 1.38 bits per heavy atom. The van der Waals surface area contributed by atoms with Crippen molar-refractivity contribution in [3.63, 3.8) is 0 Å². The number of nitro benzene ring substituents is 1. The predicted molar refractivity (Wildman–Crippen MR) is 110 cm³/mol. The highest BCUT2D eigenvalue weighted by molar-refractivity contribution is 7.16. The third-order valence-corrected chi connectivity index (χ3v) is 5.15. The van der Waals surface area contributed by atoms with Gasteiger partial charge in [0.15, 0.2) is 0 Å². The summed E-state index contributed by atoms with van der Waals surface area (Å²) in [6.07, 6.45) is 1.25. The molecular formula is C20H19N3O5S. The number of hydrogen-bond acceptors (Lipinski definition) is 7. The molecule has 2 rings (SSSR count). The van der Waals surface area contributed by atoms with Gasteiger partial charge < -0.3 is 10.1 Å². The Morgan fingerprint density at radius 3 is 2.69 bits per heavy atom. The first-order valence-electron chi connectivity index (χ1n) is 8.75. The molecule has 1 aromatic carbocycles. The minimum Gasteiger partial charge on any atom is -0.462 e. The lowest BCUT2D eigenvalue weighted by atomic mass is 10.1. The average molecular weight is 413 g/mol. The summed E-state index contributed by atoms with van der Waals surface area (Å²) in [7, 11) is 0. The number of amides is 1. The van der Waals surface area contributed by atoms with Crippen LogP contribution in [0.15, 0.2) is 35.9 Å². The summed E-state index contributed by atoms with van der Waals surface area (Å²) in [4.78, 5) is 36.0. The summed E-state index contributed by atoms with van der Waals surface area (Å²) in [5.74, 6) is -1.15. The second-order valence-corrected chi connectivity index (χ2v) is 7.33. The maximum Gasteiger partial charge on any atom is 0.341 e. The first-order chi connectivity index (χ1) is 13.8. The molecule has 0 spiro atoms. The molecule has 29 heavy (non-hydrogen) atoms. The smallest absolute Gasteiger partial charge is 0.341 e. The summed E-state index contributed by atoms with van der Waals surface area (Å²) >= 11 is 1.23. The van der Waals surface area contributed by atoms with Gasteiger partial charge in [-0.2, -0.15) is 5.26 Å². The second kappa shape index (κ2) is 9.61. The van der Waals surface area contributed by atoms with Crippen LogP contribution in [0.4, 0.5) is 10.7 Å². The van der Waals surface area contributed by atoms with E-state index in [0.717, 1.165) is 4.88 Å². The lowest BCUT2D eigenvalue weighted by Gasteiger charge is -2.05. The highest BCUT2D eigenvalue weighted by Crippen LogP contribution is 2.33. The summed E-state index contributed by atoms with van der Waals surface area (Å²) in [5, 5.41) is 23.1. The van der Waals surface area contributed by atoms with Crippen molar-refractivity contribution in [2.24, 2.45) is 0 Å². The Kier molecular flexibility index (Phi) is 7.22. The Balaban J connectivity index is 2.34. The highest BCUT2D eigenvalue weighted by atomic mass is 32.1. The van der Waals surface area contributed by atoms with Crippen LogP contribution in [0.5, 0.6) is 0 Å². The van der Waals surface area contributed by atoms with E-state index in [0.29, 0.717) is 5.56 Å². The summed E-state index contributed by atoms with van der Waals surface area (Å²) < 4.78 is 5.03. The van der Waals surface area contributed by atoms with Crippen LogP contribution in [0.2, 0.25) is 0 Å². The topological polar surface area (TPSA) is 122 Å². The number of hydrogen-bond donors (Lipinski definition) is 1. The van der Waals surface area contributed by atoms with Crippen LogP contribution in [0, 0.1) is 21.4 Å². The molecule has 0 saturated carbocycles. The van der Waals surface area contributed by atoms with E-state index in [1.54, 1.807) is 25.1 Å². The SMILES string of the molecule is CCOC(=O)c1cc(C(C)C)sc1NC(=O)/C(C#N)=C/c1cccc([N+](=O)[O-])c1. The van der Waals surface area contributed by atoms with Gasteiger partial charge in [-0.25, -0.2) is 4.79 Å². The maximum atomic E-state index is 12.6. The average Bonchev–Trinajstić information content (AvgIpc) is 3.10. The molecule has 0 atom stereocenters. The van der Waals surface area contributed by atoms with Gasteiger partial charge in [-0.1, -0.05) is 26.0 Å². The van der Waals surface area contributed by atoms with E-state index in [1.807, 2.05) is 13.8 Å². The first-order valence-corrected chi connectivity index (χ1v) is 9.56. The minimum absolute atomic E-state index is 0.134. The Bertz CT molecular complexity index is 1020. The number of benzene rings is 1. The molecule has 1 amide bonds. The number of esters is 1. The first kappa shape index (κ1) is 21.8. The molecular weight excluding hydrogens is 394 g/mol. The Morgan fingerprint density at radius 2 is 2.10 bits per heavy atom. The van der Waals surface area contributed by atoms with Gasteiger partial charge in [0.05, 0.1) is 17.1 Å². The van der Waals surface area contributed by atoms with E-state index in [4.69, 9.17) is 4.74 Å². The van der Waals surface area contributed by atoms with Gasteiger partial charge in [-0.05, 0) is 30.5 Å². The fraction of sp³-hybridized carbons (Fsp3) is 0.250. The fourth-order valence-electron chi connectivity index (χ4n) is 2.36. The molecule has 9 heteroatoms. The third-order valence-electron chi connectivity index (χ3n) is 3.80. The van der Waals surface area contributed by atoms with Gasteiger partial charge in [-0.3, -0.25) is 14.9 Å². The molecule has 0 aliphatic rings. The fourth-order valence-corrected chi connectivity index (χ4v) is 3.41. The molecule has 0 fully saturated rings. The van der Waals surface area contributed by atoms with Crippen molar-refractivity contribution in [2.75, 3.05) is 11.9 Å². The number of thiophene rings is 1. The quantitative estimate of drug-likeness (QED) is 0.234.